The van der Waals surface area contributed by atoms with E-state index in [-0.39, 0.29) is 17.9 Å². The summed E-state index contributed by atoms with van der Waals surface area (Å²) in [7, 11) is 2.44. The summed E-state index contributed by atoms with van der Waals surface area (Å²) in [6.07, 6.45) is -1.86. The summed E-state index contributed by atoms with van der Waals surface area (Å²) in [5, 5.41) is 10.1. The van der Waals surface area contributed by atoms with Gasteiger partial charge >= 0.3 is 7.60 Å². The molecule has 0 amide bonds. The van der Waals surface area contributed by atoms with Crippen molar-refractivity contribution in [2.75, 3.05) is 13.3 Å². The average molecular weight is 290 g/mol. The first kappa shape index (κ1) is 17.2. The van der Waals surface area contributed by atoms with Crippen LogP contribution in [0.2, 0.25) is 0 Å². The smallest absolute Gasteiger partial charge is 0.328 e. The zero-order chi connectivity index (χ0) is 14.8. The first-order valence-electron chi connectivity index (χ1n) is 6.63. The summed E-state index contributed by atoms with van der Waals surface area (Å²) in [4.78, 5) is 0. The predicted octanol–water partition coefficient (Wildman–Crippen LogP) is 1.78. The fourth-order valence-electron chi connectivity index (χ4n) is 2.20. The molecule has 1 heterocycles. The number of hydrogen-bond acceptors (Lipinski definition) is 5. The van der Waals surface area contributed by atoms with Crippen molar-refractivity contribution in [2.24, 2.45) is 11.8 Å². The van der Waals surface area contributed by atoms with Gasteiger partial charge in [0.1, 0.15) is 14.0 Å². The van der Waals surface area contributed by atoms with Crippen molar-refractivity contribution in [1.82, 2.24) is 0 Å². The maximum absolute atomic E-state index is 12.3. The molecule has 2 radical (unpaired) electrons. The second kappa shape index (κ2) is 6.73. The summed E-state index contributed by atoms with van der Waals surface area (Å²) < 4.78 is 28.4. The molecule has 5 atom stereocenters. The number of aliphatic hydroxyl groups is 1. The molecule has 1 N–H and O–H groups in total. The van der Waals surface area contributed by atoms with E-state index < -0.39 is 25.8 Å². The standard InChI is InChI=1S/C12H24BO5P/c1-7(2)9-6-16-12(13)10(14)11(9)18-19(5,15)17-8(3)4/h7-12,14H,6H2,1-5H3. The van der Waals surface area contributed by atoms with Crippen LogP contribution < -0.4 is 0 Å². The van der Waals surface area contributed by atoms with E-state index >= 15 is 0 Å². The van der Waals surface area contributed by atoms with Gasteiger partial charge in [-0.2, -0.15) is 0 Å². The van der Waals surface area contributed by atoms with Crippen LogP contribution in [-0.4, -0.2) is 50.5 Å². The molecule has 5 nitrogen and oxygen atoms in total. The van der Waals surface area contributed by atoms with Crippen LogP contribution in [0.15, 0.2) is 0 Å². The van der Waals surface area contributed by atoms with Crippen molar-refractivity contribution in [2.45, 2.75) is 52.0 Å². The Labute approximate surface area is 116 Å². The monoisotopic (exact) mass is 290 g/mol. The zero-order valence-electron chi connectivity index (χ0n) is 12.3. The van der Waals surface area contributed by atoms with Gasteiger partial charge in [-0.15, -0.1) is 0 Å². The highest BCUT2D eigenvalue weighted by molar-refractivity contribution is 7.53. The lowest BCUT2D eigenvalue weighted by atomic mass is 9.79. The van der Waals surface area contributed by atoms with Crippen molar-refractivity contribution < 1.29 is 23.5 Å². The van der Waals surface area contributed by atoms with Gasteiger partial charge in [0.25, 0.3) is 0 Å². The Bertz CT molecular complexity index is 336. The minimum atomic E-state index is -3.23. The molecule has 19 heavy (non-hydrogen) atoms. The van der Waals surface area contributed by atoms with Gasteiger partial charge in [-0.25, -0.2) is 0 Å². The maximum atomic E-state index is 12.3. The van der Waals surface area contributed by atoms with Crippen molar-refractivity contribution in [3.63, 3.8) is 0 Å². The second-order valence-electron chi connectivity index (χ2n) is 5.69. The van der Waals surface area contributed by atoms with Crippen LogP contribution in [0.5, 0.6) is 0 Å². The van der Waals surface area contributed by atoms with Crippen molar-refractivity contribution in [3.05, 3.63) is 0 Å². The molecule has 0 spiro atoms. The molecule has 0 bridgehead atoms. The Morgan fingerprint density at radius 3 is 2.42 bits per heavy atom. The molecule has 1 aliphatic rings. The molecule has 1 saturated heterocycles. The van der Waals surface area contributed by atoms with Crippen LogP contribution >= 0.6 is 7.60 Å². The number of aliphatic hydroxyl groups excluding tert-OH is 1. The topological polar surface area (TPSA) is 65.0 Å². The van der Waals surface area contributed by atoms with E-state index in [0.717, 1.165) is 0 Å². The lowest BCUT2D eigenvalue weighted by Crippen LogP contribution is -2.52. The fourth-order valence-corrected chi connectivity index (χ4v) is 3.74. The summed E-state index contributed by atoms with van der Waals surface area (Å²) >= 11 is 0. The molecule has 0 aliphatic carbocycles. The minimum absolute atomic E-state index is 0.0705. The molecule has 7 heteroatoms. The van der Waals surface area contributed by atoms with Gasteiger partial charge in [-0.3, -0.25) is 4.57 Å². The lowest BCUT2D eigenvalue weighted by Gasteiger charge is -2.41. The van der Waals surface area contributed by atoms with Gasteiger partial charge in [0.05, 0.1) is 18.8 Å². The summed E-state index contributed by atoms with van der Waals surface area (Å²) in [6, 6.07) is -0.820. The largest absolute Gasteiger partial charge is 0.389 e. The summed E-state index contributed by atoms with van der Waals surface area (Å²) in [6.45, 7) is 9.35. The van der Waals surface area contributed by atoms with Crippen molar-refractivity contribution in [1.29, 1.82) is 0 Å². The highest BCUT2D eigenvalue weighted by atomic mass is 31.2. The SMILES string of the molecule is [B]C1OCC(C(C)C)C(OP(C)(=O)OC(C)C)C1O. The Kier molecular flexibility index (Phi) is 6.08. The van der Waals surface area contributed by atoms with Crippen molar-refractivity contribution in [3.8, 4) is 0 Å². The molecule has 1 aliphatic heterocycles. The minimum Gasteiger partial charge on any atom is -0.389 e. The second-order valence-corrected chi connectivity index (χ2v) is 7.66. The van der Waals surface area contributed by atoms with Gasteiger partial charge < -0.3 is 18.9 Å². The fraction of sp³-hybridized carbons (Fsp3) is 1.00. The molecule has 0 aromatic carbocycles. The highest BCUT2D eigenvalue weighted by Crippen LogP contribution is 2.49. The molecule has 0 aromatic rings. The molecule has 1 fully saturated rings. The van der Waals surface area contributed by atoms with E-state index in [1.54, 1.807) is 13.8 Å². The Balaban J connectivity index is 2.82. The number of rotatable bonds is 5. The lowest BCUT2D eigenvalue weighted by molar-refractivity contribution is -0.140. The Hall–Kier alpha value is 0.135. The molecule has 0 aromatic heterocycles. The van der Waals surface area contributed by atoms with Gasteiger partial charge in [0.2, 0.25) is 0 Å². The van der Waals surface area contributed by atoms with E-state index in [1.807, 2.05) is 13.8 Å². The molecule has 110 valence electrons. The highest BCUT2D eigenvalue weighted by Gasteiger charge is 2.42. The molecule has 0 saturated carbocycles. The molecule has 1 rings (SSSR count). The third kappa shape index (κ3) is 4.87. The third-order valence-electron chi connectivity index (χ3n) is 3.15. The predicted molar refractivity (Wildman–Crippen MR) is 74.5 cm³/mol. The molecular formula is C12H24BO5P. The summed E-state index contributed by atoms with van der Waals surface area (Å²) in [5.41, 5.74) is 0. The van der Waals surface area contributed by atoms with Crippen LogP contribution in [0, 0.1) is 11.8 Å². The van der Waals surface area contributed by atoms with E-state index in [2.05, 4.69) is 0 Å². The molecule has 5 unspecified atom stereocenters. The van der Waals surface area contributed by atoms with Crippen LogP contribution in [0.3, 0.4) is 0 Å². The zero-order valence-corrected chi connectivity index (χ0v) is 13.2. The quantitative estimate of drug-likeness (QED) is 0.617. The first-order valence-corrected chi connectivity index (χ1v) is 8.62. The number of hydrogen-bond donors (Lipinski definition) is 1. The van der Waals surface area contributed by atoms with Crippen LogP contribution in [0.1, 0.15) is 27.7 Å². The Morgan fingerprint density at radius 1 is 1.37 bits per heavy atom. The molecular weight excluding hydrogens is 266 g/mol. The van der Waals surface area contributed by atoms with Crippen LogP contribution in [-0.2, 0) is 18.3 Å². The third-order valence-corrected chi connectivity index (χ3v) is 4.58. The van der Waals surface area contributed by atoms with Crippen LogP contribution in [0.4, 0.5) is 0 Å². The van der Waals surface area contributed by atoms with E-state index in [0.29, 0.717) is 6.61 Å². The first-order chi connectivity index (χ1) is 8.64. The maximum Gasteiger partial charge on any atom is 0.328 e. The summed E-state index contributed by atoms with van der Waals surface area (Å²) in [5.74, 6) is 0.144. The van der Waals surface area contributed by atoms with Gasteiger partial charge in [-0.1, -0.05) is 13.8 Å². The Morgan fingerprint density at radius 2 is 1.95 bits per heavy atom. The van der Waals surface area contributed by atoms with Crippen LogP contribution in [0.25, 0.3) is 0 Å². The van der Waals surface area contributed by atoms with Gasteiger partial charge in [0, 0.05) is 18.6 Å². The average Bonchev–Trinajstić information content (AvgIpc) is 2.22. The van der Waals surface area contributed by atoms with Gasteiger partial charge in [0.15, 0.2) is 0 Å². The van der Waals surface area contributed by atoms with Gasteiger partial charge in [-0.05, 0) is 19.8 Å². The van der Waals surface area contributed by atoms with E-state index in [1.165, 1.54) is 6.66 Å². The van der Waals surface area contributed by atoms with E-state index in [9.17, 15) is 9.67 Å². The number of ether oxygens (including phenoxy) is 1. The normalized spacial score (nSPS) is 35.6. The van der Waals surface area contributed by atoms with Crippen molar-refractivity contribution >= 4 is 15.4 Å². The van der Waals surface area contributed by atoms with E-state index in [4.69, 9.17) is 21.6 Å².